The third-order valence-corrected chi connectivity index (χ3v) is 4.24. The summed E-state index contributed by atoms with van der Waals surface area (Å²) < 4.78 is 28.8. The number of rotatable bonds is 3. The number of aromatic nitrogens is 1. The highest BCUT2D eigenvalue weighted by Crippen LogP contribution is 2.22. The van der Waals surface area contributed by atoms with Crippen molar-refractivity contribution in [3.63, 3.8) is 0 Å². The normalized spacial score (nSPS) is 14.1. The molecule has 0 spiro atoms. The Balaban J connectivity index is 2.58. The van der Waals surface area contributed by atoms with Crippen LogP contribution in [0.25, 0.3) is 11.1 Å². The second-order valence-corrected chi connectivity index (χ2v) is 6.15. The molecule has 0 bridgehead atoms. The van der Waals surface area contributed by atoms with E-state index in [4.69, 9.17) is 10.2 Å². The molecular weight excluding hydrogens is 240 g/mol. The SMILES string of the molecule is CCS(=O)(=O)c1ccc2oc([C@H](C)N)nc2c1. The molecule has 0 saturated carbocycles. The molecule has 1 atom stereocenters. The van der Waals surface area contributed by atoms with Crippen LogP contribution in [0.3, 0.4) is 0 Å². The van der Waals surface area contributed by atoms with E-state index in [9.17, 15) is 8.42 Å². The van der Waals surface area contributed by atoms with Gasteiger partial charge in [-0.15, -0.1) is 0 Å². The van der Waals surface area contributed by atoms with E-state index in [1.165, 1.54) is 12.1 Å². The molecule has 92 valence electrons. The van der Waals surface area contributed by atoms with Gasteiger partial charge in [0.25, 0.3) is 0 Å². The molecule has 0 aliphatic rings. The Morgan fingerprint density at radius 1 is 1.47 bits per heavy atom. The van der Waals surface area contributed by atoms with Crippen LogP contribution in [0.5, 0.6) is 0 Å². The van der Waals surface area contributed by atoms with Gasteiger partial charge < -0.3 is 10.2 Å². The van der Waals surface area contributed by atoms with Crippen LogP contribution in [0, 0.1) is 0 Å². The quantitative estimate of drug-likeness (QED) is 0.899. The standard InChI is InChI=1S/C11H14N2O3S/c1-3-17(14,15)8-4-5-10-9(6-8)13-11(16-10)7(2)12/h4-7H,3,12H2,1-2H3/t7-/m0/s1. The average molecular weight is 254 g/mol. The molecule has 0 fully saturated rings. The van der Waals surface area contributed by atoms with Crippen molar-refractivity contribution in [3.8, 4) is 0 Å². The molecule has 0 unspecified atom stereocenters. The molecular formula is C11H14N2O3S. The maximum atomic E-state index is 11.7. The Hall–Kier alpha value is -1.40. The summed E-state index contributed by atoms with van der Waals surface area (Å²) in [5, 5.41) is 0. The highest BCUT2D eigenvalue weighted by atomic mass is 32.2. The molecule has 0 amide bonds. The third kappa shape index (κ3) is 2.18. The largest absolute Gasteiger partial charge is 0.439 e. The maximum absolute atomic E-state index is 11.7. The van der Waals surface area contributed by atoms with Gasteiger partial charge in [-0.25, -0.2) is 13.4 Å². The zero-order chi connectivity index (χ0) is 12.6. The molecule has 0 saturated heterocycles. The molecule has 1 aromatic carbocycles. The number of hydrogen-bond acceptors (Lipinski definition) is 5. The molecule has 5 nitrogen and oxygen atoms in total. The first kappa shape index (κ1) is 12.1. The fourth-order valence-corrected chi connectivity index (χ4v) is 2.38. The molecule has 2 N–H and O–H groups in total. The Bertz CT molecular complexity index is 644. The number of nitrogens with zero attached hydrogens (tertiary/aromatic N) is 1. The zero-order valence-electron chi connectivity index (χ0n) is 9.67. The van der Waals surface area contributed by atoms with E-state index in [-0.39, 0.29) is 16.7 Å². The van der Waals surface area contributed by atoms with Crippen molar-refractivity contribution in [2.45, 2.75) is 24.8 Å². The summed E-state index contributed by atoms with van der Waals surface area (Å²) in [6.07, 6.45) is 0. The van der Waals surface area contributed by atoms with Crippen molar-refractivity contribution >= 4 is 20.9 Å². The molecule has 1 heterocycles. The van der Waals surface area contributed by atoms with Gasteiger partial charge >= 0.3 is 0 Å². The summed E-state index contributed by atoms with van der Waals surface area (Å²) in [6, 6.07) is 4.34. The number of sulfone groups is 1. The van der Waals surface area contributed by atoms with Crippen LogP contribution in [0.2, 0.25) is 0 Å². The average Bonchev–Trinajstić information content (AvgIpc) is 2.71. The minimum atomic E-state index is -3.21. The fraction of sp³-hybridized carbons (Fsp3) is 0.364. The fourth-order valence-electron chi connectivity index (χ4n) is 1.48. The van der Waals surface area contributed by atoms with Gasteiger partial charge in [0.05, 0.1) is 16.7 Å². The van der Waals surface area contributed by atoms with Gasteiger partial charge in [-0.05, 0) is 25.1 Å². The van der Waals surface area contributed by atoms with E-state index < -0.39 is 9.84 Å². The van der Waals surface area contributed by atoms with Crippen molar-refractivity contribution < 1.29 is 12.8 Å². The van der Waals surface area contributed by atoms with Crippen molar-refractivity contribution in [1.29, 1.82) is 0 Å². The smallest absolute Gasteiger partial charge is 0.212 e. The lowest BCUT2D eigenvalue weighted by Gasteiger charge is -1.99. The van der Waals surface area contributed by atoms with Gasteiger partial charge in [0.2, 0.25) is 5.89 Å². The van der Waals surface area contributed by atoms with Gasteiger partial charge in [-0.1, -0.05) is 6.92 Å². The summed E-state index contributed by atoms with van der Waals surface area (Å²) >= 11 is 0. The number of oxazole rings is 1. The van der Waals surface area contributed by atoms with Crippen LogP contribution >= 0.6 is 0 Å². The molecule has 0 aliphatic carbocycles. The predicted molar refractivity (Wildman–Crippen MR) is 64.3 cm³/mol. The van der Waals surface area contributed by atoms with Crippen molar-refractivity contribution in [2.24, 2.45) is 5.73 Å². The van der Waals surface area contributed by atoms with Crippen LogP contribution in [0.15, 0.2) is 27.5 Å². The first-order valence-corrected chi connectivity index (χ1v) is 6.98. The highest BCUT2D eigenvalue weighted by molar-refractivity contribution is 7.91. The summed E-state index contributed by atoms with van der Waals surface area (Å²) in [7, 11) is -3.21. The van der Waals surface area contributed by atoms with Gasteiger partial charge in [0.15, 0.2) is 15.4 Å². The number of nitrogens with two attached hydrogens (primary N) is 1. The van der Waals surface area contributed by atoms with Crippen LogP contribution in [-0.4, -0.2) is 19.2 Å². The Morgan fingerprint density at radius 2 is 2.18 bits per heavy atom. The minimum absolute atomic E-state index is 0.0660. The molecule has 2 rings (SSSR count). The van der Waals surface area contributed by atoms with Gasteiger partial charge in [0.1, 0.15) is 5.52 Å². The van der Waals surface area contributed by atoms with Gasteiger partial charge in [-0.2, -0.15) is 0 Å². The van der Waals surface area contributed by atoms with E-state index in [0.29, 0.717) is 17.0 Å². The van der Waals surface area contributed by atoms with Crippen LogP contribution < -0.4 is 5.73 Å². The van der Waals surface area contributed by atoms with Crippen molar-refractivity contribution in [1.82, 2.24) is 4.98 Å². The molecule has 1 aromatic heterocycles. The summed E-state index contributed by atoms with van der Waals surface area (Å²) in [4.78, 5) is 4.43. The maximum Gasteiger partial charge on any atom is 0.212 e. The Kier molecular flexibility index (Phi) is 2.92. The lowest BCUT2D eigenvalue weighted by atomic mass is 10.3. The van der Waals surface area contributed by atoms with Gasteiger partial charge in [-0.3, -0.25) is 0 Å². The van der Waals surface area contributed by atoms with E-state index >= 15 is 0 Å². The second kappa shape index (κ2) is 4.12. The van der Waals surface area contributed by atoms with Crippen LogP contribution in [0.4, 0.5) is 0 Å². The molecule has 0 radical (unpaired) electrons. The minimum Gasteiger partial charge on any atom is -0.439 e. The lowest BCUT2D eigenvalue weighted by molar-refractivity contribution is 0.492. The first-order chi connectivity index (χ1) is 7.94. The monoisotopic (exact) mass is 254 g/mol. The molecule has 0 aliphatic heterocycles. The van der Waals surface area contributed by atoms with E-state index in [1.807, 2.05) is 0 Å². The third-order valence-electron chi connectivity index (χ3n) is 2.50. The molecule has 17 heavy (non-hydrogen) atoms. The number of benzene rings is 1. The lowest BCUT2D eigenvalue weighted by Crippen LogP contribution is -2.04. The number of hydrogen-bond donors (Lipinski definition) is 1. The highest BCUT2D eigenvalue weighted by Gasteiger charge is 2.15. The summed E-state index contributed by atoms with van der Waals surface area (Å²) in [6.45, 7) is 3.37. The summed E-state index contributed by atoms with van der Waals surface area (Å²) in [5.41, 5.74) is 6.72. The first-order valence-electron chi connectivity index (χ1n) is 5.33. The second-order valence-electron chi connectivity index (χ2n) is 3.87. The zero-order valence-corrected chi connectivity index (χ0v) is 10.5. The summed E-state index contributed by atoms with van der Waals surface area (Å²) in [5.74, 6) is 0.474. The van der Waals surface area contributed by atoms with E-state index in [0.717, 1.165) is 0 Å². The van der Waals surface area contributed by atoms with Crippen LogP contribution in [-0.2, 0) is 9.84 Å². The van der Waals surface area contributed by atoms with Crippen molar-refractivity contribution in [2.75, 3.05) is 5.75 Å². The molecule has 2 aromatic rings. The molecule has 6 heteroatoms. The van der Waals surface area contributed by atoms with E-state index in [1.54, 1.807) is 19.9 Å². The Morgan fingerprint density at radius 3 is 2.76 bits per heavy atom. The Labute approximate surface area is 99.6 Å². The number of fused-ring (bicyclic) bond motifs is 1. The topological polar surface area (TPSA) is 86.2 Å². The van der Waals surface area contributed by atoms with Gasteiger partial charge in [0, 0.05) is 0 Å². The van der Waals surface area contributed by atoms with Crippen LogP contribution in [0.1, 0.15) is 25.8 Å². The van der Waals surface area contributed by atoms with E-state index in [2.05, 4.69) is 4.98 Å². The predicted octanol–water partition coefficient (Wildman–Crippen LogP) is 1.64. The van der Waals surface area contributed by atoms with Crippen molar-refractivity contribution in [3.05, 3.63) is 24.1 Å².